The molecule has 8 heteroatoms. The summed E-state index contributed by atoms with van der Waals surface area (Å²) in [6.07, 6.45) is -3.33. The molecular weight excluding hydrogens is 373 g/mol. The van der Waals surface area contributed by atoms with E-state index in [-0.39, 0.29) is 18.0 Å². The van der Waals surface area contributed by atoms with Gasteiger partial charge in [0.15, 0.2) is 0 Å². The summed E-state index contributed by atoms with van der Waals surface area (Å²) in [7, 11) is 0. The summed E-state index contributed by atoms with van der Waals surface area (Å²) in [5.74, 6) is -0.217. The molecule has 2 heterocycles. The molecule has 2 aliphatic heterocycles. The highest BCUT2D eigenvalue weighted by atomic mass is 19.4. The maximum absolute atomic E-state index is 12.8. The van der Waals surface area contributed by atoms with Gasteiger partial charge in [0.2, 0.25) is 5.72 Å². The number of piperidine rings is 1. The van der Waals surface area contributed by atoms with Crippen LogP contribution >= 0.6 is 0 Å². The first-order valence-corrected chi connectivity index (χ1v) is 8.85. The Morgan fingerprint density at radius 3 is 2.54 bits per heavy atom. The van der Waals surface area contributed by atoms with Gasteiger partial charge in [-0.3, -0.25) is 9.59 Å². The summed E-state index contributed by atoms with van der Waals surface area (Å²) in [5.41, 5.74) is -1.25. The van der Waals surface area contributed by atoms with E-state index in [1.165, 1.54) is 17.0 Å². The van der Waals surface area contributed by atoms with Crippen LogP contribution in [0.25, 0.3) is 0 Å². The number of hydrogen-bond acceptors (Lipinski definition) is 3. The van der Waals surface area contributed by atoms with Gasteiger partial charge >= 0.3 is 6.18 Å². The van der Waals surface area contributed by atoms with E-state index >= 15 is 0 Å². The predicted molar refractivity (Wildman–Crippen MR) is 93.8 cm³/mol. The lowest BCUT2D eigenvalue weighted by Crippen LogP contribution is -2.64. The Labute approximate surface area is 159 Å². The maximum Gasteiger partial charge on any atom is 0.416 e. The lowest BCUT2D eigenvalue weighted by atomic mass is 9.97. The Hall–Kier alpha value is -3.03. The number of amides is 2. The smallest absolute Gasteiger partial charge is 0.416 e. The molecule has 1 spiro atoms. The zero-order valence-electron chi connectivity index (χ0n) is 14.8. The number of ether oxygens (including phenoxy) is 1. The Kier molecular flexibility index (Phi) is 4.28. The molecular formula is C20H17F3N2O3. The maximum atomic E-state index is 12.8. The number of benzene rings is 2. The standard InChI is InChI=1S/C20H17F3N2O3/c21-20(22,23)14-8-6-13(7-9-14)18(27)25-11-3-10-19(12-25)24-17(26)15-4-1-2-5-16(15)28-19/h1-2,4-9H,3,10-12H2,(H,24,26). The molecule has 2 aromatic rings. The lowest BCUT2D eigenvalue weighted by Gasteiger charge is -2.45. The fourth-order valence-corrected chi connectivity index (χ4v) is 3.62. The number of para-hydroxylation sites is 1. The van der Waals surface area contributed by atoms with Crippen molar-refractivity contribution >= 4 is 11.8 Å². The van der Waals surface area contributed by atoms with Gasteiger partial charge in [0, 0.05) is 18.5 Å². The van der Waals surface area contributed by atoms with Crippen molar-refractivity contribution in [1.29, 1.82) is 0 Å². The van der Waals surface area contributed by atoms with Crippen molar-refractivity contribution < 1.29 is 27.5 Å². The van der Waals surface area contributed by atoms with Crippen LogP contribution < -0.4 is 10.1 Å². The quantitative estimate of drug-likeness (QED) is 0.811. The van der Waals surface area contributed by atoms with Gasteiger partial charge in [0.25, 0.3) is 11.8 Å². The highest BCUT2D eigenvalue weighted by molar-refractivity contribution is 5.98. The van der Waals surface area contributed by atoms with Crippen molar-refractivity contribution in [2.45, 2.75) is 24.7 Å². The van der Waals surface area contributed by atoms with Gasteiger partial charge in [-0.25, -0.2) is 0 Å². The van der Waals surface area contributed by atoms with Crippen LogP contribution in [-0.2, 0) is 6.18 Å². The molecule has 146 valence electrons. The average Bonchev–Trinajstić information content (AvgIpc) is 2.67. The minimum atomic E-state index is -4.45. The zero-order valence-corrected chi connectivity index (χ0v) is 14.8. The van der Waals surface area contributed by atoms with Crippen molar-refractivity contribution in [2.75, 3.05) is 13.1 Å². The van der Waals surface area contributed by atoms with Gasteiger partial charge in [0.05, 0.1) is 17.7 Å². The predicted octanol–water partition coefficient (Wildman–Crippen LogP) is 3.46. The third-order valence-corrected chi connectivity index (χ3v) is 4.98. The Balaban J connectivity index is 1.54. The van der Waals surface area contributed by atoms with Gasteiger partial charge in [0.1, 0.15) is 5.75 Å². The molecule has 1 unspecified atom stereocenters. The Morgan fingerprint density at radius 2 is 1.82 bits per heavy atom. The van der Waals surface area contributed by atoms with E-state index in [0.717, 1.165) is 12.1 Å². The number of rotatable bonds is 1. The van der Waals surface area contributed by atoms with E-state index in [4.69, 9.17) is 4.74 Å². The van der Waals surface area contributed by atoms with Crippen LogP contribution in [0.2, 0.25) is 0 Å². The van der Waals surface area contributed by atoms with E-state index < -0.39 is 23.4 Å². The van der Waals surface area contributed by atoms with Gasteiger partial charge in [-0.15, -0.1) is 0 Å². The van der Waals surface area contributed by atoms with Crippen molar-refractivity contribution in [2.24, 2.45) is 0 Å². The highest BCUT2D eigenvalue weighted by Crippen LogP contribution is 2.33. The minimum absolute atomic E-state index is 0.118. The fraction of sp³-hybridized carbons (Fsp3) is 0.300. The van der Waals surface area contributed by atoms with Crippen LogP contribution in [0.5, 0.6) is 5.75 Å². The van der Waals surface area contributed by atoms with Crippen molar-refractivity contribution in [3.8, 4) is 5.75 Å². The number of fused-ring (bicyclic) bond motifs is 1. The first-order valence-electron chi connectivity index (χ1n) is 8.85. The topological polar surface area (TPSA) is 58.6 Å². The Bertz CT molecular complexity index is 927. The molecule has 0 aromatic heterocycles. The third-order valence-electron chi connectivity index (χ3n) is 4.98. The normalized spacial score (nSPS) is 21.7. The van der Waals surface area contributed by atoms with Gasteiger partial charge < -0.3 is 15.0 Å². The summed E-state index contributed by atoms with van der Waals surface area (Å²) in [4.78, 5) is 26.7. The molecule has 1 fully saturated rings. The number of alkyl halides is 3. The van der Waals surface area contributed by atoms with Gasteiger partial charge in [-0.2, -0.15) is 13.2 Å². The summed E-state index contributed by atoms with van der Waals surface area (Å²) in [5, 5.41) is 2.85. The summed E-state index contributed by atoms with van der Waals surface area (Å²) < 4.78 is 44.2. The van der Waals surface area contributed by atoms with E-state index in [9.17, 15) is 22.8 Å². The summed E-state index contributed by atoms with van der Waals surface area (Å²) >= 11 is 0. The van der Waals surface area contributed by atoms with Crippen molar-refractivity contribution in [3.05, 3.63) is 65.2 Å². The molecule has 0 bridgehead atoms. The number of halogens is 3. The first-order chi connectivity index (χ1) is 13.3. The fourth-order valence-electron chi connectivity index (χ4n) is 3.62. The molecule has 1 saturated heterocycles. The molecule has 2 aromatic carbocycles. The second kappa shape index (κ2) is 6.54. The van der Waals surface area contributed by atoms with Gasteiger partial charge in [-0.1, -0.05) is 12.1 Å². The molecule has 1 N–H and O–H groups in total. The number of likely N-dealkylation sites (tertiary alicyclic amines) is 1. The lowest BCUT2D eigenvalue weighted by molar-refractivity contribution is -0.137. The number of nitrogens with one attached hydrogen (secondary N) is 1. The van der Waals surface area contributed by atoms with Crippen LogP contribution in [0, 0.1) is 0 Å². The zero-order chi connectivity index (χ0) is 19.9. The summed E-state index contributed by atoms with van der Waals surface area (Å²) in [6, 6.07) is 11.0. The van der Waals surface area contributed by atoms with Crippen LogP contribution in [0.1, 0.15) is 39.1 Å². The number of hydrogen-bond donors (Lipinski definition) is 1. The van der Waals surface area contributed by atoms with Crippen molar-refractivity contribution in [3.63, 3.8) is 0 Å². The second-order valence-corrected chi connectivity index (χ2v) is 6.95. The van der Waals surface area contributed by atoms with Crippen LogP contribution in [0.4, 0.5) is 13.2 Å². The molecule has 5 nitrogen and oxygen atoms in total. The molecule has 4 rings (SSSR count). The summed E-state index contributed by atoms with van der Waals surface area (Å²) in [6.45, 7) is 0.551. The van der Waals surface area contributed by atoms with E-state index in [1.807, 2.05) is 0 Å². The van der Waals surface area contributed by atoms with E-state index in [0.29, 0.717) is 30.7 Å². The number of carbonyl (C=O) groups excluding carboxylic acids is 2. The molecule has 2 aliphatic rings. The Morgan fingerprint density at radius 1 is 1.11 bits per heavy atom. The van der Waals surface area contributed by atoms with E-state index in [2.05, 4.69) is 5.32 Å². The molecule has 2 amide bonds. The van der Waals surface area contributed by atoms with Crippen molar-refractivity contribution in [1.82, 2.24) is 10.2 Å². The highest BCUT2D eigenvalue weighted by Gasteiger charge is 2.44. The minimum Gasteiger partial charge on any atom is -0.465 e. The monoisotopic (exact) mass is 390 g/mol. The second-order valence-electron chi connectivity index (χ2n) is 6.95. The van der Waals surface area contributed by atoms with Crippen LogP contribution in [-0.4, -0.2) is 35.5 Å². The van der Waals surface area contributed by atoms with Gasteiger partial charge in [-0.05, 0) is 42.8 Å². The largest absolute Gasteiger partial charge is 0.465 e. The van der Waals surface area contributed by atoms with Crippen LogP contribution in [0.15, 0.2) is 48.5 Å². The molecule has 1 atom stereocenters. The molecule has 0 aliphatic carbocycles. The third kappa shape index (κ3) is 3.30. The van der Waals surface area contributed by atoms with Crippen LogP contribution in [0.3, 0.4) is 0 Å². The first kappa shape index (κ1) is 18.3. The number of carbonyl (C=O) groups is 2. The SMILES string of the molecule is O=C1NC2(CCCN(C(=O)c3ccc(C(F)(F)F)cc3)C2)Oc2ccccc21. The number of nitrogens with zero attached hydrogens (tertiary/aromatic N) is 1. The average molecular weight is 390 g/mol. The molecule has 0 radical (unpaired) electrons. The molecule has 0 saturated carbocycles. The molecule has 28 heavy (non-hydrogen) atoms. The van der Waals surface area contributed by atoms with E-state index in [1.54, 1.807) is 24.3 Å².